The Labute approximate surface area is 121 Å². The van der Waals surface area contributed by atoms with Gasteiger partial charge in [0.2, 0.25) is 5.91 Å². The molecule has 0 aliphatic carbocycles. The molecule has 0 saturated heterocycles. The number of pyridine rings is 1. The first-order chi connectivity index (χ1) is 9.71. The molecule has 1 heterocycles. The lowest BCUT2D eigenvalue weighted by Crippen LogP contribution is -2.37. The molecule has 0 saturated carbocycles. The van der Waals surface area contributed by atoms with Gasteiger partial charge in [0.05, 0.1) is 5.92 Å². The van der Waals surface area contributed by atoms with Gasteiger partial charge in [0.1, 0.15) is 0 Å². The third-order valence-electron chi connectivity index (χ3n) is 3.28. The molecular formula is C17H24N2O. The molecule has 20 heavy (non-hydrogen) atoms. The van der Waals surface area contributed by atoms with E-state index in [4.69, 9.17) is 0 Å². The number of amides is 1. The van der Waals surface area contributed by atoms with Crippen LogP contribution < -0.4 is 5.32 Å². The van der Waals surface area contributed by atoms with Crippen LogP contribution in [-0.4, -0.2) is 16.9 Å². The fourth-order valence-corrected chi connectivity index (χ4v) is 2.02. The van der Waals surface area contributed by atoms with Crippen LogP contribution in [0.5, 0.6) is 0 Å². The highest BCUT2D eigenvalue weighted by Gasteiger charge is 2.17. The number of aromatic nitrogens is 1. The summed E-state index contributed by atoms with van der Waals surface area (Å²) in [4.78, 5) is 16.3. The van der Waals surface area contributed by atoms with Gasteiger partial charge in [0.15, 0.2) is 0 Å². The molecule has 2 unspecified atom stereocenters. The Morgan fingerprint density at radius 3 is 2.80 bits per heavy atom. The third kappa shape index (κ3) is 5.39. The van der Waals surface area contributed by atoms with E-state index in [9.17, 15) is 4.79 Å². The standard InChI is InChI=1S/C17H24N2O/c1-4-7-10-16(6-3)19-17(20)15(5-2)12-14-9-8-11-18-13-14/h5-6,8-9,11,13,15-16H,2-4,7,10,12H2,1H3,(H,19,20). The maximum atomic E-state index is 12.3. The largest absolute Gasteiger partial charge is 0.349 e. The Balaban J connectivity index is 2.58. The number of hydrogen-bond acceptors (Lipinski definition) is 2. The zero-order valence-corrected chi connectivity index (χ0v) is 12.2. The van der Waals surface area contributed by atoms with Crippen LogP contribution in [0.1, 0.15) is 31.7 Å². The first kappa shape index (κ1) is 16.2. The average molecular weight is 272 g/mol. The van der Waals surface area contributed by atoms with Gasteiger partial charge in [-0.3, -0.25) is 9.78 Å². The number of carbonyl (C=O) groups excluding carboxylic acids is 1. The van der Waals surface area contributed by atoms with Crippen molar-refractivity contribution in [2.24, 2.45) is 5.92 Å². The van der Waals surface area contributed by atoms with Crippen LogP contribution in [-0.2, 0) is 11.2 Å². The minimum Gasteiger partial charge on any atom is -0.349 e. The summed E-state index contributed by atoms with van der Waals surface area (Å²) in [5.74, 6) is -0.229. The van der Waals surface area contributed by atoms with Crippen LogP contribution >= 0.6 is 0 Å². The number of rotatable bonds is 9. The number of nitrogens with one attached hydrogen (secondary N) is 1. The summed E-state index contributed by atoms with van der Waals surface area (Å²) in [6, 6.07) is 3.89. The average Bonchev–Trinajstić information content (AvgIpc) is 2.49. The lowest BCUT2D eigenvalue weighted by molar-refractivity contribution is -0.124. The zero-order valence-electron chi connectivity index (χ0n) is 12.2. The number of unbranched alkanes of at least 4 members (excludes halogenated alkanes) is 1. The topological polar surface area (TPSA) is 42.0 Å². The highest BCUT2D eigenvalue weighted by atomic mass is 16.1. The van der Waals surface area contributed by atoms with Gasteiger partial charge >= 0.3 is 0 Å². The van der Waals surface area contributed by atoms with Gasteiger partial charge in [0, 0.05) is 18.4 Å². The summed E-state index contributed by atoms with van der Waals surface area (Å²) in [7, 11) is 0. The second-order valence-electron chi connectivity index (χ2n) is 4.90. The predicted molar refractivity (Wildman–Crippen MR) is 83.3 cm³/mol. The van der Waals surface area contributed by atoms with Gasteiger partial charge in [-0.25, -0.2) is 0 Å². The van der Waals surface area contributed by atoms with E-state index in [1.807, 2.05) is 12.1 Å². The molecule has 0 aliphatic rings. The molecule has 1 N–H and O–H groups in total. The second kappa shape index (κ2) is 9.08. The van der Waals surface area contributed by atoms with Gasteiger partial charge in [-0.15, -0.1) is 13.2 Å². The predicted octanol–water partition coefficient (Wildman–Crippen LogP) is 3.29. The van der Waals surface area contributed by atoms with Crippen molar-refractivity contribution in [3.8, 4) is 0 Å². The molecule has 0 spiro atoms. The SMILES string of the molecule is C=CC(CCCC)NC(=O)C(C=C)Cc1cccnc1. The Morgan fingerprint density at radius 1 is 1.45 bits per heavy atom. The second-order valence-corrected chi connectivity index (χ2v) is 4.90. The van der Waals surface area contributed by atoms with E-state index in [2.05, 4.69) is 30.4 Å². The Morgan fingerprint density at radius 2 is 2.25 bits per heavy atom. The minimum atomic E-state index is -0.233. The molecule has 2 atom stereocenters. The van der Waals surface area contributed by atoms with E-state index in [0.29, 0.717) is 6.42 Å². The number of carbonyl (C=O) groups is 1. The first-order valence-corrected chi connectivity index (χ1v) is 7.15. The Bertz CT molecular complexity index is 428. The molecule has 0 aromatic carbocycles. The smallest absolute Gasteiger partial charge is 0.227 e. The van der Waals surface area contributed by atoms with Crippen molar-refractivity contribution >= 4 is 5.91 Å². The quantitative estimate of drug-likeness (QED) is 0.701. The van der Waals surface area contributed by atoms with Crippen LogP contribution in [0.4, 0.5) is 0 Å². The van der Waals surface area contributed by atoms with Crippen LogP contribution in [0.2, 0.25) is 0 Å². The van der Waals surface area contributed by atoms with Crippen molar-refractivity contribution < 1.29 is 4.79 Å². The maximum Gasteiger partial charge on any atom is 0.227 e. The molecule has 1 rings (SSSR count). The fraction of sp³-hybridized carbons (Fsp3) is 0.412. The molecule has 1 aromatic rings. The van der Waals surface area contributed by atoms with Gasteiger partial charge in [-0.1, -0.05) is 38.0 Å². The van der Waals surface area contributed by atoms with Gasteiger partial charge in [-0.05, 0) is 24.5 Å². The van der Waals surface area contributed by atoms with Crippen molar-refractivity contribution in [2.75, 3.05) is 0 Å². The Hall–Kier alpha value is -1.90. The van der Waals surface area contributed by atoms with Crippen LogP contribution in [0.15, 0.2) is 49.8 Å². The Kier molecular flexibility index (Phi) is 7.33. The summed E-state index contributed by atoms with van der Waals surface area (Å²) in [6.45, 7) is 9.69. The van der Waals surface area contributed by atoms with E-state index < -0.39 is 0 Å². The monoisotopic (exact) mass is 272 g/mol. The van der Waals surface area contributed by atoms with Crippen molar-refractivity contribution in [1.29, 1.82) is 0 Å². The van der Waals surface area contributed by atoms with Crippen LogP contribution in [0.3, 0.4) is 0 Å². The van der Waals surface area contributed by atoms with Gasteiger partial charge in [0.25, 0.3) is 0 Å². The number of hydrogen-bond donors (Lipinski definition) is 1. The molecule has 1 aromatic heterocycles. The molecular weight excluding hydrogens is 248 g/mol. The summed E-state index contributed by atoms with van der Waals surface area (Å²) in [6.07, 6.45) is 10.8. The van der Waals surface area contributed by atoms with Crippen LogP contribution in [0.25, 0.3) is 0 Å². The highest BCUT2D eigenvalue weighted by molar-refractivity contribution is 5.81. The lowest BCUT2D eigenvalue weighted by Gasteiger charge is -2.18. The molecule has 0 fully saturated rings. The van der Waals surface area contributed by atoms with Crippen molar-refractivity contribution in [3.63, 3.8) is 0 Å². The summed E-state index contributed by atoms with van der Waals surface area (Å²) >= 11 is 0. The molecule has 0 radical (unpaired) electrons. The highest BCUT2D eigenvalue weighted by Crippen LogP contribution is 2.10. The minimum absolute atomic E-state index is 0.00450. The van der Waals surface area contributed by atoms with E-state index in [1.54, 1.807) is 24.5 Å². The summed E-state index contributed by atoms with van der Waals surface area (Å²) in [5.41, 5.74) is 1.04. The normalized spacial score (nSPS) is 13.2. The molecule has 0 bridgehead atoms. The van der Waals surface area contributed by atoms with E-state index in [1.165, 1.54) is 0 Å². The fourth-order valence-electron chi connectivity index (χ4n) is 2.02. The lowest BCUT2D eigenvalue weighted by atomic mass is 9.99. The van der Waals surface area contributed by atoms with Crippen molar-refractivity contribution in [2.45, 2.75) is 38.6 Å². The molecule has 0 aliphatic heterocycles. The van der Waals surface area contributed by atoms with Crippen molar-refractivity contribution in [1.82, 2.24) is 10.3 Å². The molecule has 3 nitrogen and oxygen atoms in total. The van der Waals surface area contributed by atoms with E-state index >= 15 is 0 Å². The van der Waals surface area contributed by atoms with Crippen molar-refractivity contribution in [3.05, 3.63) is 55.4 Å². The molecule has 1 amide bonds. The summed E-state index contributed by atoms with van der Waals surface area (Å²) in [5, 5.41) is 3.02. The maximum absolute atomic E-state index is 12.3. The molecule has 108 valence electrons. The summed E-state index contributed by atoms with van der Waals surface area (Å²) < 4.78 is 0. The first-order valence-electron chi connectivity index (χ1n) is 7.15. The van der Waals surface area contributed by atoms with Crippen LogP contribution in [0, 0.1) is 5.92 Å². The zero-order chi connectivity index (χ0) is 14.8. The number of nitrogens with zero attached hydrogens (tertiary/aromatic N) is 1. The van der Waals surface area contributed by atoms with Gasteiger partial charge in [-0.2, -0.15) is 0 Å². The van der Waals surface area contributed by atoms with Gasteiger partial charge < -0.3 is 5.32 Å². The third-order valence-corrected chi connectivity index (χ3v) is 3.28. The van der Waals surface area contributed by atoms with E-state index in [0.717, 1.165) is 24.8 Å². The molecule has 3 heteroatoms. The van der Waals surface area contributed by atoms with E-state index in [-0.39, 0.29) is 17.9 Å².